The summed E-state index contributed by atoms with van der Waals surface area (Å²) in [6.07, 6.45) is -0.714. The second-order valence-electron chi connectivity index (χ2n) is 5.01. The molecule has 6 nitrogen and oxygen atoms in total. The highest BCUT2D eigenvalue weighted by Crippen LogP contribution is 2.10. The van der Waals surface area contributed by atoms with Crippen LogP contribution in [0.4, 0.5) is 4.79 Å². The minimum Gasteiger partial charge on any atom is -0.445 e. The van der Waals surface area contributed by atoms with Crippen molar-refractivity contribution in [2.24, 2.45) is 0 Å². The van der Waals surface area contributed by atoms with Gasteiger partial charge in [0.25, 0.3) is 0 Å². The second-order valence-corrected chi connectivity index (χ2v) is 5.01. The number of esters is 1. The number of nitrogens with one attached hydrogen (secondary N) is 1. The Morgan fingerprint density at radius 3 is 2.25 bits per heavy atom. The minimum atomic E-state index is -0.988. The summed E-state index contributed by atoms with van der Waals surface area (Å²) in [5.74, 6) is -0.295. The summed E-state index contributed by atoms with van der Waals surface area (Å²) in [4.78, 5) is 23.9. The number of carbonyl (C=O) groups is 2. The van der Waals surface area contributed by atoms with Gasteiger partial charge in [-0.05, 0) is 17.7 Å². The topological polar surface area (TPSA) is 84.9 Å². The zero-order valence-electron chi connectivity index (χ0n) is 13.1. The van der Waals surface area contributed by atoms with Crippen LogP contribution in [-0.2, 0) is 16.1 Å². The van der Waals surface area contributed by atoms with Crippen molar-refractivity contribution in [3.63, 3.8) is 0 Å². The summed E-state index contributed by atoms with van der Waals surface area (Å²) in [5.41, 5.74) is 0.832. The largest absolute Gasteiger partial charge is 0.445 e. The van der Waals surface area contributed by atoms with Crippen molar-refractivity contribution >= 4 is 12.1 Å². The molecule has 2 rings (SSSR count). The summed E-state index contributed by atoms with van der Waals surface area (Å²) in [7, 11) is 0. The highest BCUT2D eigenvalue weighted by molar-refractivity contribution is 5.82. The summed E-state index contributed by atoms with van der Waals surface area (Å²) >= 11 is 0. The van der Waals surface area contributed by atoms with E-state index in [0.717, 1.165) is 5.56 Å². The van der Waals surface area contributed by atoms with E-state index in [0.29, 0.717) is 5.75 Å². The second kappa shape index (κ2) is 9.32. The van der Waals surface area contributed by atoms with E-state index in [1.54, 1.807) is 30.3 Å². The summed E-state index contributed by atoms with van der Waals surface area (Å²) in [6, 6.07) is 16.7. The molecule has 0 fully saturated rings. The minimum absolute atomic E-state index is 0.0338. The molecule has 2 aromatic carbocycles. The predicted octanol–water partition coefficient (Wildman–Crippen LogP) is 2.27. The first-order valence-electron chi connectivity index (χ1n) is 7.54. The van der Waals surface area contributed by atoms with Crippen molar-refractivity contribution in [2.75, 3.05) is 6.61 Å². The van der Waals surface area contributed by atoms with Crippen LogP contribution in [0.1, 0.15) is 12.0 Å². The van der Waals surface area contributed by atoms with E-state index in [1.165, 1.54) is 0 Å². The fourth-order valence-electron chi connectivity index (χ4n) is 1.96. The van der Waals surface area contributed by atoms with Gasteiger partial charge in [0.2, 0.25) is 0 Å². The number of benzene rings is 2. The fraction of sp³-hybridized carbons (Fsp3) is 0.222. The van der Waals surface area contributed by atoms with Crippen LogP contribution >= 0.6 is 0 Å². The van der Waals surface area contributed by atoms with Crippen LogP contribution in [0.3, 0.4) is 0 Å². The average molecular weight is 329 g/mol. The van der Waals surface area contributed by atoms with E-state index in [2.05, 4.69) is 5.32 Å². The third kappa shape index (κ3) is 5.73. The molecular formula is C18H19NO5. The van der Waals surface area contributed by atoms with Gasteiger partial charge in [0.1, 0.15) is 18.4 Å². The Hall–Kier alpha value is -2.86. The molecule has 126 valence electrons. The van der Waals surface area contributed by atoms with Crippen LogP contribution in [0.2, 0.25) is 0 Å². The lowest BCUT2D eigenvalue weighted by Crippen LogP contribution is -2.43. The van der Waals surface area contributed by atoms with E-state index in [9.17, 15) is 9.59 Å². The standard InChI is InChI=1S/C18H19NO5/c20-12-11-16(17(21)24-15-9-5-2-6-10-15)19-18(22)23-13-14-7-3-1-4-8-14/h1-10,16,20H,11-13H2,(H,19,22)/t16-/m0/s1. The molecule has 2 N–H and O–H groups in total. The molecule has 1 atom stereocenters. The lowest BCUT2D eigenvalue weighted by molar-refractivity contribution is -0.137. The van der Waals surface area contributed by atoms with Crippen LogP contribution < -0.4 is 10.1 Å². The normalized spacial score (nSPS) is 11.4. The van der Waals surface area contributed by atoms with Crippen molar-refractivity contribution < 1.29 is 24.2 Å². The van der Waals surface area contributed by atoms with E-state index in [1.807, 2.05) is 30.3 Å². The van der Waals surface area contributed by atoms with Crippen LogP contribution in [0.15, 0.2) is 60.7 Å². The van der Waals surface area contributed by atoms with E-state index >= 15 is 0 Å². The average Bonchev–Trinajstić information content (AvgIpc) is 2.61. The van der Waals surface area contributed by atoms with E-state index < -0.39 is 18.1 Å². The number of rotatable bonds is 7. The SMILES string of the molecule is O=C(N[C@@H](CCO)C(=O)Oc1ccccc1)OCc1ccccc1. The molecule has 0 aliphatic carbocycles. The number of hydrogen-bond donors (Lipinski definition) is 2. The van der Waals surface area contributed by atoms with Gasteiger partial charge in [0, 0.05) is 13.0 Å². The van der Waals surface area contributed by atoms with Crippen molar-refractivity contribution in [1.82, 2.24) is 5.32 Å². The Morgan fingerprint density at radius 2 is 1.62 bits per heavy atom. The zero-order chi connectivity index (χ0) is 17.2. The third-order valence-electron chi connectivity index (χ3n) is 3.17. The van der Waals surface area contributed by atoms with Crippen molar-refractivity contribution in [3.8, 4) is 5.75 Å². The first-order valence-corrected chi connectivity index (χ1v) is 7.54. The number of amides is 1. The number of aliphatic hydroxyl groups excluding tert-OH is 1. The number of para-hydroxylation sites is 1. The lowest BCUT2D eigenvalue weighted by atomic mass is 10.2. The van der Waals surface area contributed by atoms with Gasteiger partial charge in [-0.25, -0.2) is 9.59 Å². The quantitative estimate of drug-likeness (QED) is 0.601. The van der Waals surface area contributed by atoms with Crippen molar-refractivity contribution in [1.29, 1.82) is 0 Å². The van der Waals surface area contributed by atoms with Gasteiger partial charge < -0.3 is 19.9 Å². The molecule has 2 aromatic rings. The van der Waals surface area contributed by atoms with Crippen LogP contribution in [0.25, 0.3) is 0 Å². The van der Waals surface area contributed by atoms with Crippen LogP contribution in [-0.4, -0.2) is 29.8 Å². The van der Waals surface area contributed by atoms with Gasteiger partial charge in [-0.2, -0.15) is 0 Å². The summed E-state index contributed by atoms with van der Waals surface area (Å²) in [6.45, 7) is -0.181. The molecule has 0 heterocycles. The zero-order valence-corrected chi connectivity index (χ0v) is 13.1. The molecule has 0 spiro atoms. The lowest BCUT2D eigenvalue weighted by Gasteiger charge is -2.16. The molecular weight excluding hydrogens is 310 g/mol. The maximum Gasteiger partial charge on any atom is 0.408 e. The Morgan fingerprint density at radius 1 is 1.00 bits per heavy atom. The Labute approximate surface area is 140 Å². The molecule has 1 amide bonds. The van der Waals surface area contributed by atoms with Gasteiger partial charge in [-0.3, -0.25) is 0 Å². The molecule has 0 bridgehead atoms. The van der Waals surface area contributed by atoms with Gasteiger partial charge >= 0.3 is 12.1 Å². The maximum absolute atomic E-state index is 12.1. The van der Waals surface area contributed by atoms with Crippen molar-refractivity contribution in [3.05, 3.63) is 66.2 Å². The Balaban J connectivity index is 1.87. The molecule has 0 aromatic heterocycles. The van der Waals surface area contributed by atoms with Gasteiger partial charge in [-0.1, -0.05) is 48.5 Å². The summed E-state index contributed by atoms with van der Waals surface area (Å²) < 4.78 is 10.2. The predicted molar refractivity (Wildman–Crippen MR) is 87.3 cm³/mol. The first kappa shape index (κ1) is 17.5. The number of alkyl carbamates (subject to hydrolysis) is 1. The maximum atomic E-state index is 12.1. The fourth-order valence-corrected chi connectivity index (χ4v) is 1.96. The van der Waals surface area contributed by atoms with E-state index in [-0.39, 0.29) is 19.6 Å². The molecule has 0 unspecified atom stereocenters. The molecule has 24 heavy (non-hydrogen) atoms. The molecule has 0 saturated heterocycles. The third-order valence-corrected chi connectivity index (χ3v) is 3.17. The molecule has 0 aliphatic rings. The first-order chi connectivity index (χ1) is 11.7. The van der Waals surface area contributed by atoms with Crippen LogP contribution in [0.5, 0.6) is 5.75 Å². The molecule has 0 aliphatic heterocycles. The number of hydrogen-bond acceptors (Lipinski definition) is 5. The number of aliphatic hydroxyl groups is 1. The molecule has 0 radical (unpaired) electrons. The molecule has 0 saturated carbocycles. The van der Waals surface area contributed by atoms with Gasteiger partial charge in [0.15, 0.2) is 0 Å². The van der Waals surface area contributed by atoms with Gasteiger partial charge in [-0.15, -0.1) is 0 Å². The molecule has 6 heteroatoms. The Bertz CT molecular complexity index is 645. The van der Waals surface area contributed by atoms with E-state index in [4.69, 9.17) is 14.6 Å². The highest BCUT2D eigenvalue weighted by Gasteiger charge is 2.23. The summed E-state index contributed by atoms with van der Waals surface area (Å²) in [5, 5.41) is 11.5. The smallest absolute Gasteiger partial charge is 0.408 e. The number of carbonyl (C=O) groups excluding carboxylic acids is 2. The highest BCUT2D eigenvalue weighted by atomic mass is 16.6. The monoisotopic (exact) mass is 329 g/mol. The number of ether oxygens (including phenoxy) is 2. The Kier molecular flexibility index (Phi) is 6.79. The van der Waals surface area contributed by atoms with Crippen molar-refractivity contribution in [2.45, 2.75) is 19.1 Å². The van der Waals surface area contributed by atoms with Crippen LogP contribution in [0, 0.1) is 0 Å². The van der Waals surface area contributed by atoms with Gasteiger partial charge in [0.05, 0.1) is 0 Å².